The van der Waals surface area contributed by atoms with Crippen molar-refractivity contribution < 1.29 is 18.0 Å². The third-order valence-corrected chi connectivity index (χ3v) is 8.57. The molecule has 0 bridgehead atoms. The van der Waals surface area contributed by atoms with Crippen LogP contribution in [0.25, 0.3) is 11.3 Å². The zero-order valence-corrected chi connectivity index (χ0v) is 23.0. The summed E-state index contributed by atoms with van der Waals surface area (Å²) in [4.78, 5) is 28.6. The molecule has 2 aromatic heterocycles. The third-order valence-electron chi connectivity index (χ3n) is 5.59. The Labute approximate surface area is 224 Å². The van der Waals surface area contributed by atoms with E-state index >= 15 is 0 Å². The maximum atomic E-state index is 13.5. The van der Waals surface area contributed by atoms with Gasteiger partial charge in [-0.2, -0.15) is 13.2 Å². The minimum absolute atomic E-state index is 0.135. The molecule has 36 heavy (non-hydrogen) atoms. The first kappa shape index (κ1) is 27.0. The predicted octanol–water partition coefficient (Wildman–Crippen LogP) is 7.01. The van der Waals surface area contributed by atoms with Crippen molar-refractivity contribution in [2.75, 3.05) is 17.6 Å². The zero-order valence-electron chi connectivity index (χ0n) is 19.7. The van der Waals surface area contributed by atoms with Crippen LogP contribution in [0.3, 0.4) is 0 Å². The number of hydrogen-bond acceptors (Lipinski definition) is 7. The van der Waals surface area contributed by atoms with Crippen molar-refractivity contribution in [3.8, 4) is 11.3 Å². The summed E-state index contributed by atoms with van der Waals surface area (Å²) in [6.45, 7) is 5.37. The van der Waals surface area contributed by atoms with Gasteiger partial charge in [-0.15, -0.1) is 11.8 Å². The van der Waals surface area contributed by atoms with Crippen LogP contribution in [0.1, 0.15) is 52.8 Å². The Hall–Kier alpha value is -2.02. The molecule has 4 rings (SSSR count). The van der Waals surface area contributed by atoms with Gasteiger partial charge in [0.25, 0.3) is 5.91 Å². The van der Waals surface area contributed by atoms with Crippen LogP contribution < -0.4 is 5.32 Å². The van der Waals surface area contributed by atoms with Crippen LogP contribution in [0.5, 0.6) is 0 Å². The van der Waals surface area contributed by atoms with Gasteiger partial charge in [0.1, 0.15) is 5.69 Å². The van der Waals surface area contributed by atoms with Gasteiger partial charge in [-0.25, -0.2) is 9.97 Å². The van der Waals surface area contributed by atoms with Gasteiger partial charge in [-0.1, -0.05) is 34.2 Å². The summed E-state index contributed by atoms with van der Waals surface area (Å²) >= 11 is 6.39. The fraction of sp³-hybridized carbons (Fsp3) is 0.417. The van der Waals surface area contributed by atoms with E-state index in [9.17, 15) is 18.0 Å². The number of nitrogens with one attached hydrogen (secondary N) is 1. The second-order valence-corrected chi connectivity index (χ2v) is 11.7. The van der Waals surface area contributed by atoms with Crippen molar-refractivity contribution in [3.05, 3.63) is 56.9 Å². The molecule has 0 saturated carbocycles. The molecule has 1 aliphatic heterocycles. The number of likely N-dealkylation sites (tertiary alicyclic amines) is 1. The Kier molecular flexibility index (Phi) is 8.69. The molecule has 1 amide bonds. The van der Waals surface area contributed by atoms with Crippen molar-refractivity contribution in [1.82, 2.24) is 19.9 Å². The van der Waals surface area contributed by atoms with Gasteiger partial charge >= 0.3 is 6.18 Å². The normalized spacial score (nSPS) is 16.4. The summed E-state index contributed by atoms with van der Waals surface area (Å²) in [5.41, 5.74) is 0.834. The molecule has 1 unspecified atom stereocenters. The van der Waals surface area contributed by atoms with E-state index in [0.29, 0.717) is 38.5 Å². The van der Waals surface area contributed by atoms with E-state index in [0.717, 1.165) is 48.6 Å². The standard InChI is InChI=1S/C24H25BrF3N5OS2/c1-3-7-35-20-5-4-6-33(20)13-19-21(15-8-16(24(26,27)28)10-17(25)9-15)31-23(36-19)32-22(34)18-12-29-14(2)11-30-18/h8-12,20H,3-7,13H2,1-2H3,(H,31,32,34). The number of aryl methyl sites for hydroxylation is 1. The molecule has 192 valence electrons. The van der Waals surface area contributed by atoms with Crippen molar-refractivity contribution in [2.24, 2.45) is 0 Å². The van der Waals surface area contributed by atoms with E-state index in [-0.39, 0.29) is 5.69 Å². The summed E-state index contributed by atoms with van der Waals surface area (Å²) in [5.74, 6) is 0.577. The molecule has 1 N–H and O–H groups in total. The van der Waals surface area contributed by atoms with Gasteiger partial charge in [0.15, 0.2) is 5.13 Å². The van der Waals surface area contributed by atoms with Gasteiger partial charge in [0, 0.05) is 27.7 Å². The molecule has 1 saturated heterocycles. The van der Waals surface area contributed by atoms with Crippen LogP contribution in [0.4, 0.5) is 18.3 Å². The molecule has 0 aliphatic carbocycles. The first-order chi connectivity index (χ1) is 17.1. The second-order valence-electron chi connectivity index (χ2n) is 8.45. The van der Waals surface area contributed by atoms with Crippen LogP contribution in [0.2, 0.25) is 0 Å². The van der Waals surface area contributed by atoms with Crippen molar-refractivity contribution >= 4 is 50.1 Å². The molecule has 6 nitrogen and oxygen atoms in total. The highest BCUT2D eigenvalue weighted by Gasteiger charge is 2.32. The molecule has 0 radical (unpaired) electrons. The Balaban J connectivity index is 1.68. The lowest BCUT2D eigenvalue weighted by Crippen LogP contribution is -2.26. The van der Waals surface area contributed by atoms with Crippen LogP contribution in [0, 0.1) is 6.92 Å². The lowest BCUT2D eigenvalue weighted by molar-refractivity contribution is -0.137. The molecule has 3 aromatic rings. The monoisotopic (exact) mass is 599 g/mol. The Morgan fingerprint density at radius 3 is 2.78 bits per heavy atom. The number of benzene rings is 1. The largest absolute Gasteiger partial charge is 0.416 e. The molecule has 1 atom stereocenters. The number of amides is 1. The number of rotatable bonds is 8. The third kappa shape index (κ3) is 6.64. The Morgan fingerprint density at radius 1 is 1.28 bits per heavy atom. The fourth-order valence-electron chi connectivity index (χ4n) is 3.90. The van der Waals surface area contributed by atoms with Crippen LogP contribution in [-0.2, 0) is 12.7 Å². The molecule has 1 fully saturated rings. The van der Waals surface area contributed by atoms with E-state index in [4.69, 9.17) is 0 Å². The van der Waals surface area contributed by atoms with Gasteiger partial charge in [0.2, 0.25) is 0 Å². The lowest BCUT2D eigenvalue weighted by atomic mass is 10.1. The summed E-state index contributed by atoms with van der Waals surface area (Å²) in [6.07, 6.45) is 1.60. The van der Waals surface area contributed by atoms with E-state index < -0.39 is 17.6 Å². The Bertz CT molecular complexity index is 1220. The number of carbonyl (C=O) groups excluding carboxylic acids is 1. The lowest BCUT2D eigenvalue weighted by Gasteiger charge is -2.23. The number of carbonyl (C=O) groups is 1. The number of thiazole rings is 1. The van der Waals surface area contributed by atoms with Crippen molar-refractivity contribution in [3.63, 3.8) is 0 Å². The van der Waals surface area contributed by atoms with E-state index in [1.165, 1.54) is 23.7 Å². The smallest absolute Gasteiger partial charge is 0.296 e. The molecular weight excluding hydrogens is 575 g/mol. The average Bonchev–Trinajstić information content (AvgIpc) is 3.43. The topological polar surface area (TPSA) is 71.0 Å². The highest BCUT2D eigenvalue weighted by atomic mass is 79.9. The molecule has 0 spiro atoms. The minimum Gasteiger partial charge on any atom is -0.296 e. The van der Waals surface area contributed by atoms with Crippen LogP contribution in [-0.4, -0.2) is 43.4 Å². The predicted molar refractivity (Wildman–Crippen MR) is 141 cm³/mol. The van der Waals surface area contributed by atoms with Crippen molar-refractivity contribution in [2.45, 2.75) is 51.2 Å². The number of nitrogens with zero attached hydrogens (tertiary/aromatic N) is 4. The summed E-state index contributed by atoms with van der Waals surface area (Å²) in [5, 5.41) is 3.41. The molecule has 3 heterocycles. The van der Waals surface area contributed by atoms with Gasteiger partial charge in [-0.3, -0.25) is 20.0 Å². The second kappa shape index (κ2) is 11.6. The van der Waals surface area contributed by atoms with E-state index in [1.54, 1.807) is 13.0 Å². The summed E-state index contributed by atoms with van der Waals surface area (Å²) in [6, 6.07) is 3.78. The summed E-state index contributed by atoms with van der Waals surface area (Å²) in [7, 11) is 0. The molecule has 12 heteroatoms. The van der Waals surface area contributed by atoms with E-state index in [1.807, 2.05) is 11.8 Å². The number of anilines is 1. The fourth-order valence-corrected chi connectivity index (χ4v) is 6.63. The molecule has 1 aliphatic rings. The first-order valence-electron chi connectivity index (χ1n) is 11.5. The van der Waals surface area contributed by atoms with Gasteiger partial charge < -0.3 is 0 Å². The van der Waals surface area contributed by atoms with Crippen LogP contribution in [0.15, 0.2) is 35.1 Å². The highest BCUT2D eigenvalue weighted by Crippen LogP contribution is 2.39. The number of alkyl halides is 3. The quantitative estimate of drug-likeness (QED) is 0.300. The Morgan fingerprint density at radius 2 is 2.08 bits per heavy atom. The number of aromatic nitrogens is 3. The highest BCUT2D eigenvalue weighted by molar-refractivity contribution is 9.10. The van der Waals surface area contributed by atoms with Gasteiger partial charge in [-0.05, 0) is 56.7 Å². The maximum absolute atomic E-state index is 13.5. The zero-order chi connectivity index (χ0) is 25.9. The van der Waals surface area contributed by atoms with E-state index in [2.05, 4.69) is 48.0 Å². The summed E-state index contributed by atoms with van der Waals surface area (Å²) < 4.78 is 40.9. The minimum atomic E-state index is -4.49. The molecule has 1 aromatic carbocycles. The van der Waals surface area contributed by atoms with Crippen LogP contribution >= 0.6 is 39.0 Å². The van der Waals surface area contributed by atoms with Crippen molar-refractivity contribution in [1.29, 1.82) is 0 Å². The number of thioether (sulfide) groups is 1. The number of halogens is 4. The first-order valence-corrected chi connectivity index (χ1v) is 14.1. The molecular formula is C24H25BrF3N5OS2. The SMILES string of the molecule is CCCSC1CCCN1Cc1sc(NC(=O)c2cnc(C)cn2)nc1-c1cc(Br)cc(C(F)(F)F)c1. The average molecular weight is 601 g/mol. The van der Waals surface area contributed by atoms with Gasteiger partial charge in [0.05, 0.1) is 28.5 Å². The maximum Gasteiger partial charge on any atom is 0.416 e. The number of hydrogen-bond donors (Lipinski definition) is 1.